The molecule has 0 aliphatic heterocycles. The Morgan fingerprint density at radius 2 is 1.70 bits per heavy atom. The second-order valence-corrected chi connectivity index (χ2v) is 7.03. The molecule has 0 saturated heterocycles. The van der Waals surface area contributed by atoms with E-state index in [1.54, 1.807) is 61.7 Å². The first kappa shape index (κ1) is 21.2. The molecule has 2 amide bonds. The maximum Gasteiger partial charge on any atom is 0.255 e. The zero-order valence-corrected chi connectivity index (χ0v) is 17.3. The van der Waals surface area contributed by atoms with E-state index >= 15 is 0 Å². The third-order valence-electron chi connectivity index (χ3n) is 4.49. The molecule has 0 radical (unpaired) electrons. The van der Waals surface area contributed by atoms with Crippen molar-refractivity contribution in [1.29, 1.82) is 0 Å². The van der Waals surface area contributed by atoms with Gasteiger partial charge in [-0.25, -0.2) is 0 Å². The van der Waals surface area contributed by atoms with E-state index in [0.29, 0.717) is 33.3 Å². The van der Waals surface area contributed by atoms with Crippen molar-refractivity contribution >= 4 is 29.1 Å². The Balaban J connectivity index is 1.74. The summed E-state index contributed by atoms with van der Waals surface area (Å²) in [6, 6.07) is 16.9. The van der Waals surface area contributed by atoms with Gasteiger partial charge in [0.05, 0.1) is 7.11 Å². The van der Waals surface area contributed by atoms with E-state index in [1.165, 1.54) is 0 Å². The normalized spacial score (nSPS) is 10.4. The summed E-state index contributed by atoms with van der Waals surface area (Å²) in [7, 11) is 1.56. The first-order valence-electron chi connectivity index (χ1n) is 9.14. The lowest BCUT2D eigenvalue weighted by atomic mass is 10.1. The molecule has 0 atom stereocenters. The average molecular weight is 425 g/mol. The van der Waals surface area contributed by atoms with Gasteiger partial charge in [0.1, 0.15) is 18.1 Å². The Morgan fingerprint density at radius 3 is 2.33 bits per heavy atom. The van der Waals surface area contributed by atoms with Crippen LogP contribution in [0.25, 0.3) is 0 Å². The van der Waals surface area contributed by atoms with Gasteiger partial charge in [0, 0.05) is 27.4 Å². The Morgan fingerprint density at radius 1 is 1.00 bits per heavy atom. The number of hydrogen-bond donors (Lipinski definition) is 2. The summed E-state index contributed by atoms with van der Waals surface area (Å²) < 4.78 is 11.2. The smallest absolute Gasteiger partial charge is 0.255 e. The fourth-order valence-electron chi connectivity index (χ4n) is 2.82. The largest absolute Gasteiger partial charge is 0.496 e. The minimum atomic E-state index is -0.524. The van der Waals surface area contributed by atoms with Crippen molar-refractivity contribution in [3.05, 3.63) is 87.9 Å². The number of methoxy groups -OCH3 is 1. The van der Waals surface area contributed by atoms with Crippen LogP contribution in [0.15, 0.2) is 60.7 Å². The molecule has 3 rings (SSSR count). The highest BCUT2D eigenvalue weighted by Crippen LogP contribution is 2.25. The predicted molar refractivity (Wildman–Crippen MR) is 116 cm³/mol. The van der Waals surface area contributed by atoms with Gasteiger partial charge in [0.2, 0.25) is 5.91 Å². The maximum absolute atomic E-state index is 12.6. The van der Waals surface area contributed by atoms with Crippen LogP contribution < -0.4 is 20.5 Å². The third kappa shape index (κ3) is 5.10. The number of anilines is 1. The molecule has 0 heterocycles. The van der Waals surface area contributed by atoms with Gasteiger partial charge in [-0.1, -0.05) is 11.6 Å². The van der Waals surface area contributed by atoms with Crippen LogP contribution in [0.2, 0.25) is 5.02 Å². The number of amides is 2. The van der Waals surface area contributed by atoms with Crippen LogP contribution in [-0.2, 0) is 6.61 Å². The molecular formula is C23H21ClN2O4. The molecule has 0 spiro atoms. The standard InChI is InChI=1S/C23H21ClN2O4/c1-14-11-19(8-9-20(14)24)30-13-17-12-16(5-10-21(17)29-2)23(28)26-18-6-3-15(4-7-18)22(25)27/h3-12H,13H2,1-2H3,(H2,25,27)(H,26,28). The summed E-state index contributed by atoms with van der Waals surface area (Å²) >= 11 is 6.05. The molecule has 6 nitrogen and oxygen atoms in total. The number of benzene rings is 3. The molecule has 0 aliphatic rings. The Labute approximate surface area is 179 Å². The van der Waals surface area contributed by atoms with Crippen molar-refractivity contribution < 1.29 is 19.1 Å². The van der Waals surface area contributed by atoms with Crippen LogP contribution in [0.5, 0.6) is 11.5 Å². The summed E-state index contributed by atoms with van der Waals surface area (Å²) in [6.07, 6.45) is 0. The maximum atomic E-state index is 12.6. The molecule has 7 heteroatoms. The summed E-state index contributed by atoms with van der Waals surface area (Å²) in [5, 5.41) is 3.46. The number of nitrogens with two attached hydrogens (primary N) is 1. The van der Waals surface area contributed by atoms with Crippen molar-refractivity contribution in [2.24, 2.45) is 5.73 Å². The Hall–Kier alpha value is -3.51. The van der Waals surface area contributed by atoms with Gasteiger partial charge in [-0.15, -0.1) is 0 Å². The topological polar surface area (TPSA) is 90.6 Å². The first-order chi connectivity index (χ1) is 14.4. The fourth-order valence-corrected chi connectivity index (χ4v) is 2.94. The number of carbonyl (C=O) groups excluding carboxylic acids is 2. The summed E-state index contributed by atoms with van der Waals surface area (Å²) in [4.78, 5) is 23.8. The van der Waals surface area contributed by atoms with E-state index in [9.17, 15) is 9.59 Å². The number of carbonyl (C=O) groups is 2. The van der Waals surface area contributed by atoms with Gasteiger partial charge in [-0.05, 0) is 73.2 Å². The lowest BCUT2D eigenvalue weighted by Gasteiger charge is -2.13. The second-order valence-electron chi connectivity index (χ2n) is 6.62. The first-order valence-corrected chi connectivity index (χ1v) is 9.52. The van der Waals surface area contributed by atoms with Crippen LogP contribution in [0.3, 0.4) is 0 Å². The molecule has 0 bridgehead atoms. The number of rotatable bonds is 7. The summed E-state index contributed by atoms with van der Waals surface area (Å²) in [6.45, 7) is 2.12. The van der Waals surface area contributed by atoms with Crippen LogP contribution in [-0.4, -0.2) is 18.9 Å². The quantitative estimate of drug-likeness (QED) is 0.580. The molecule has 3 aromatic carbocycles. The van der Waals surface area contributed by atoms with E-state index in [4.69, 9.17) is 26.8 Å². The Bertz CT molecular complexity index is 1080. The van der Waals surface area contributed by atoms with Crippen LogP contribution in [0, 0.1) is 6.92 Å². The van der Waals surface area contributed by atoms with Gasteiger partial charge in [0.25, 0.3) is 5.91 Å². The minimum Gasteiger partial charge on any atom is -0.496 e. The average Bonchev–Trinajstić information content (AvgIpc) is 2.74. The van der Waals surface area contributed by atoms with Gasteiger partial charge in [-0.3, -0.25) is 9.59 Å². The number of nitrogens with one attached hydrogen (secondary N) is 1. The van der Waals surface area contributed by atoms with Crippen LogP contribution in [0.4, 0.5) is 5.69 Å². The molecule has 0 unspecified atom stereocenters. The summed E-state index contributed by atoms with van der Waals surface area (Å²) in [5.41, 5.74) is 8.23. The van der Waals surface area contributed by atoms with Crippen LogP contribution >= 0.6 is 11.6 Å². The van der Waals surface area contributed by atoms with E-state index in [1.807, 2.05) is 13.0 Å². The van der Waals surface area contributed by atoms with Crippen molar-refractivity contribution in [1.82, 2.24) is 0 Å². The molecule has 3 aromatic rings. The molecule has 154 valence electrons. The molecule has 0 saturated carbocycles. The molecular weight excluding hydrogens is 404 g/mol. The highest BCUT2D eigenvalue weighted by molar-refractivity contribution is 6.31. The monoisotopic (exact) mass is 424 g/mol. The fraction of sp³-hybridized carbons (Fsp3) is 0.130. The van der Waals surface area contributed by atoms with E-state index in [0.717, 1.165) is 11.1 Å². The van der Waals surface area contributed by atoms with Gasteiger partial charge in [0.15, 0.2) is 0 Å². The van der Waals surface area contributed by atoms with Gasteiger partial charge in [-0.2, -0.15) is 0 Å². The van der Waals surface area contributed by atoms with E-state index in [-0.39, 0.29) is 12.5 Å². The minimum absolute atomic E-state index is 0.221. The van der Waals surface area contributed by atoms with Gasteiger partial charge < -0.3 is 20.5 Å². The predicted octanol–water partition coefficient (Wildman–Crippen LogP) is 4.59. The van der Waals surface area contributed by atoms with Crippen molar-refractivity contribution in [2.45, 2.75) is 13.5 Å². The number of primary amides is 1. The molecule has 0 fully saturated rings. The molecule has 3 N–H and O–H groups in total. The number of aryl methyl sites for hydroxylation is 1. The molecule has 30 heavy (non-hydrogen) atoms. The SMILES string of the molecule is COc1ccc(C(=O)Nc2ccc(C(N)=O)cc2)cc1COc1ccc(Cl)c(C)c1. The second kappa shape index (κ2) is 9.33. The zero-order valence-electron chi connectivity index (χ0n) is 16.6. The molecule has 0 aliphatic carbocycles. The number of halogens is 1. The lowest BCUT2D eigenvalue weighted by Crippen LogP contribution is -2.14. The highest BCUT2D eigenvalue weighted by Gasteiger charge is 2.12. The van der Waals surface area contributed by atoms with Crippen LogP contribution in [0.1, 0.15) is 31.8 Å². The van der Waals surface area contributed by atoms with Crippen molar-refractivity contribution in [2.75, 3.05) is 12.4 Å². The number of hydrogen-bond acceptors (Lipinski definition) is 4. The highest BCUT2D eigenvalue weighted by atomic mass is 35.5. The van der Waals surface area contributed by atoms with Crippen molar-refractivity contribution in [3.8, 4) is 11.5 Å². The van der Waals surface area contributed by atoms with Crippen molar-refractivity contribution in [3.63, 3.8) is 0 Å². The van der Waals surface area contributed by atoms with E-state index in [2.05, 4.69) is 5.32 Å². The number of ether oxygens (including phenoxy) is 2. The third-order valence-corrected chi connectivity index (χ3v) is 4.92. The summed E-state index contributed by atoms with van der Waals surface area (Å²) in [5.74, 6) is 0.461. The lowest BCUT2D eigenvalue weighted by molar-refractivity contribution is 0.0998. The van der Waals surface area contributed by atoms with E-state index < -0.39 is 5.91 Å². The zero-order chi connectivity index (χ0) is 21.7. The molecule has 0 aromatic heterocycles. The van der Waals surface area contributed by atoms with Gasteiger partial charge >= 0.3 is 0 Å². The Kier molecular flexibility index (Phi) is 6.59.